The van der Waals surface area contributed by atoms with Crippen molar-refractivity contribution in [2.75, 3.05) is 26.3 Å². The second kappa shape index (κ2) is 11.3. The van der Waals surface area contributed by atoms with Gasteiger partial charge in [0.15, 0.2) is 5.96 Å². The first-order valence-corrected chi connectivity index (χ1v) is 9.54. The quantitative estimate of drug-likeness (QED) is 0.380. The van der Waals surface area contributed by atoms with Crippen molar-refractivity contribution in [3.8, 4) is 5.69 Å². The summed E-state index contributed by atoms with van der Waals surface area (Å²) >= 11 is 0. The third kappa shape index (κ3) is 6.67. The van der Waals surface area contributed by atoms with Gasteiger partial charge in [0.25, 0.3) is 0 Å². The van der Waals surface area contributed by atoms with Crippen LogP contribution in [0.4, 0.5) is 4.39 Å². The second-order valence-corrected chi connectivity index (χ2v) is 6.16. The van der Waals surface area contributed by atoms with Gasteiger partial charge in [0.1, 0.15) is 11.6 Å². The molecule has 0 unspecified atom stereocenters. The molecule has 0 fully saturated rings. The lowest BCUT2D eigenvalue weighted by Crippen LogP contribution is -2.37. The predicted octanol–water partition coefficient (Wildman–Crippen LogP) is 3.19. The van der Waals surface area contributed by atoms with Crippen LogP contribution in [0.15, 0.2) is 35.6 Å². The molecule has 0 aliphatic carbocycles. The summed E-state index contributed by atoms with van der Waals surface area (Å²) in [6, 6.07) is 5.19. The molecule has 2 aromatic rings. The van der Waals surface area contributed by atoms with Crippen LogP contribution in [-0.4, -0.2) is 41.8 Å². The average molecular weight is 375 g/mol. The van der Waals surface area contributed by atoms with Gasteiger partial charge in [-0.1, -0.05) is 6.07 Å². The zero-order valence-electron chi connectivity index (χ0n) is 16.5. The Labute approximate surface area is 160 Å². The highest BCUT2D eigenvalue weighted by molar-refractivity contribution is 5.79. The zero-order chi connectivity index (χ0) is 19.5. The van der Waals surface area contributed by atoms with Gasteiger partial charge in [-0.3, -0.25) is 0 Å². The van der Waals surface area contributed by atoms with E-state index in [1.165, 1.54) is 6.07 Å². The van der Waals surface area contributed by atoms with Crippen molar-refractivity contribution >= 4 is 5.96 Å². The lowest BCUT2D eigenvalue weighted by Gasteiger charge is -2.12. The van der Waals surface area contributed by atoms with E-state index in [4.69, 9.17) is 4.74 Å². The van der Waals surface area contributed by atoms with Crippen LogP contribution < -0.4 is 10.6 Å². The van der Waals surface area contributed by atoms with Crippen LogP contribution >= 0.6 is 0 Å². The maximum atomic E-state index is 14.5. The van der Waals surface area contributed by atoms with E-state index in [2.05, 4.69) is 20.6 Å². The Morgan fingerprint density at radius 3 is 2.78 bits per heavy atom. The normalized spacial score (nSPS) is 11.6. The Morgan fingerprint density at radius 1 is 1.26 bits per heavy atom. The number of nitrogens with one attached hydrogen (secondary N) is 2. The van der Waals surface area contributed by atoms with Gasteiger partial charge in [-0.2, -0.15) is 0 Å². The number of aryl methyl sites for hydroxylation is 1. The summed E-state index contributed by atoms with van der Waals surface area (Å²) in [5.74, 6) is 1.21. The minimum atomic E-state index is -0.280. The molecular weight excluding hydrogens is 345 g/mol. The highest BCUT2D eigenvalue weighted by Crippen LogP contribution is 2.17. The summed E-state index contributed by atoms with van der Waals surface area (Å²) in [4.78, 5) is 8.68. The number of hydrogen-bond donors (Lipinski definition) is 2. The van der Waals surface area contributed by atoms with Crippen LogP contribution in [0.2, 0.25) is 0 Å². The van der Waals surface area contributed by atoms with Crippen molar-refractivity contribution in [1.82, 2.24) is 20.2 Å². The largest absolute Gasteiger partial charge is 0.382 e. The number of ether oxygens (including phenoxy) is 1. The molecule has 1 aromatic heterocycles. The highest BCUT2D eigenvalue weighted by atomic mass is 19.1. The van der Waals surface area contributed by atoms with E-state index < -0.39 is 0 Å². The van der Waals surface area contributed by atoms with Gasteiger partial charge in [0.2, 0.25) is 0 Å². The Bertz CT molecular complexity index is 729. The van der Waals surface area contributed by atoms with Crippen molar-refractivity contribution in [2.24, 2.45) is 4.99 Å². The fraction of sp³-hybridized carbons (Fsp3) is 0.500. The molecule has 0 saturated carbocycles. The number of imidazole rings is 1. The number of guanidine groups is 1. The lowest BCUT2D eigenvalue weighted by atomic mass is 10.2. The molecule has 0 aliphatic rings. The van der Waals surface area contributed by atoms with Crippen molar-refractivity contribution in [3.63, 3.8) is 0 Å². The van der Waals surface area contributed by atoms with Gasteiger partial charge in [0.05, 0.1) is 12.2 Å². The highest BCUT2D eigenvalue weighted by Gasteiger charge is 2.08. The number of halogens is 1. The van der Waals surface area contributed by atoms with Gasteiger partial charge in [-0.15, -0.1) is 0 Å². The Hall–Kier alpha value is -2.41. The van der Waals surface area contributed by atoms with Crippen molar-refractivity contribution < 1.29 is 9.13 Å². The summed E-state index contributed by atoms with van der Waals surface area (Å²) < 4.78 is 21.5. The molecule has 7 heteroatoms. The molecule has 2 N–H and O–H groups in total. The average Bonchev–Trinajstić information content (AvgIpc) is 3.08. The fourth-order valence-electron chi connectivity index (χ4n) is 2.67. The van der Waals surface area contributed by atoms with Crippen LogP contribution in [0.1, 0.15) is 38.1 Å². The van der Waals surface area contributed by atoms with E-state index in [1.54, 1.807) is 23.0 Å². The number of unbranched alkanes of at least 4 members (excludes halogenated alkanes) is 1. The molecule has 148 valence electrons. The van der Waals surface area contributed by atoms with Crippen LogP contribution in [-0.2, 0) is 11.3 Å². The van der Waals surface area contributed by atoms with Crippen molar-refractivity contribution in [3.05, 3.63) is 47.8 Å². The molecule has 0 spiro atoms. The predicted molar refractivity (Wildman–Crippen MR) is 107 cm³/mol. The van der Waals surface area contributed by atoms with Gasteiger partial charge in [0, 0.05) is 38.7 Å². The third-order valence-corrected chi connectivity index (χ3v) is 4.07. The maximum Gasteiger partial charge on any atom is 0.191 e. The molecule has 0 amide bonds. The monoisotopic (exact) mass is 375 g/mol. The Morgan fingerprint density at radius 2 is 2.11 bits per heavy atom. The van der Waals surface area contributed by atoms with Crippen LogP contribution in [0.5, 0.6) is 0 Å². The summed E-state index contributed by atoms with van der Waals surface area (Å²) in [5, 5.41) is 6.51. The van der Waals surface area contributed by atoms with Gasteiger partial charge < -0.3 is 19.9 Å². The number of aromatic nitrogens is 2. The Balaban J connectivity index is 1.93. The maximum absolute atomic E-state index is 14.5. The summed E-state index contributed by atoms with van der Waals surface area (Å²) in [6.45, 7) is 9.42. The smallest absolute Gasteiger partial charge is 0.191 e. The molecule has 0 atom stereocenters. The minimum Gasteiger partial charge on any atom is -0.382 e. The molecule has 2 rings (SSSR count). The second-order valence-electron chi connectivity index (χ2n) is 6.16. The number of benzene rings is 1. The van der Waals surface area contributed by atoms with Gasteiger partial charge in [-0.25, -0.2) is 14.4 Å². The number of hydrogen-bond acceptors (Lipinski definition) is 3. The molecule has 1 heterocycles. The first kappa shape index (κ1) is 20.9. The van der Waals surface area contributed by atoms with E-state index in [-0.39, 0.29) is 5.82 Å². The molecule has 0 aliphatic heterocycles. The van der Waals surface area contributed by atoms with E-state index in [1.807, 2.05) is 26.8 Å². The molecule has 0 bridgehead atoms. The van der Waals surface area contributed by atoms with Crippen molar-refractivity contribution in [2.45, 2.75) is 40.2 Å². The van der Waals surface area contributed by atoms with Crippen LogP contribution in [0.3, 0.4) is 0 Å². The molecule has 1 aromatic carbocycles. The standard InChI is InChI=1S/C20H30FN5O/c1-4-22-20(24-10-6-7-13-27-5-2)25-15-17-8-9-19(18(21)14-17)26-12-11-23-16(26)3/h8-9,11-12,14H,4-7,10,13,15H2,1-3H3,(H2,22,24,25). The van der Waals surface area contributed by atoms with E-state index in [0.29, 0.717) is 12.2 Å². The molecule has 0 saturated heterocycles. The first-order valence-electron chi connectivity index (χ1n) is 9.54. The van der Waals surface area contributed by atoms with Crippen LogP contribution in [0.25, 0.3) is 5.69 Å². The van der Waals surface area contributed by atoms with Gasteiger partial charge in [-0.05, 0) is 51.3 Å². The lowest BCUT2D eigenvalue weighted by molar-refractivity contribution is 0.143. The summed E-state index contributed by atoms with van der Waals surface area (Å²) in [7, 11) is 0. The molecule has 27 heavy (non-hydrogen) atoms. The topological polar surface area (TPSA) is 63.5 Å². The Kier molecular flexibility index (Phi) is 8.77. The molecular formula is C20H30FN5O. The van der Waals surface area contributed by atoms with E-state index in [9.17, 15) is 4.39 Å². The van der Waals surface area contributed by atoms with Crippen LogP contribution in [0, 0.1) is 12.7 Å². The SMILES string of the molecule is CCNC(=NCc1ccc(-n2ccnc2C)c(F)c1)NCCCCOCC. The third-order valence-electron chi connectivity index (χ3n) is 4.07. The zero-order valence-corrected chi connectivity index (χ0v) is 16.5. The van der Waals surface area contributed by atoms with E-state index >= 15 is 0 Å². The number of nitrogens with zero attached hydrogens (tertiary/aromatic N) is 3. The number of aliphatic imine (C=N–C) groups is 1. The first-order chi connectivity index (χ1) is 13.2. The minimum absolute atomic E-state index is 0.280. The summed E-state index contributed by atoms with van der Waals surface area (Å²) in [6.07, 6.45) is 5.44. The molecule has 0 radical (unpaired) electrons. The van der Waals surface area contributed by atoms with E-state index in [0.717, 1.165) is 56.5 Å². The van der Waals surface area contributed by atoms with Gasteiger partial charge >= 0.3 is 0 Å². The summed E-state index contributed by atoms with van der Waals surface area (Å²) in [5.41, 5.74) is 1.32. The van der Waals surface area contributed by atoms with Crippen molar-refractivity contribution in [1.29, 1.82) is 0 Å². The molecule has 6 nitrogen and oxygen atoms in total. The fourth-order valence-corrected chi connectivity index (χ4v) is 2.67. The number of rotatable bonds is 10.